The van der Waals surface area contributed by atoms with Crippen molar-refractivity contribution in [1.29, 1.82) is 0 Å². The Morgan fingerprint density at radius 1 is 0.524 bits per heavy atom. The lowest BCUT2D eigenvalue weighted by Gasteiger charge is -2.57. The van der Waals surface area contributed by atoms with Gasteiger partial charge in [-0.25, -0.2) is 4.98 Å². The van der Waals surface area contributed by atoms with E-state index in [1.165, 1.54) is 65.9 Å². The lowest BCUT2D eigenvalue weighted by molar-refractivity contribution is -0.586. The highest BCUT2D eigenvalue weighted by Crippen LogP contribution is 2.61. The van der Waals surface area contributed by atoms with Gasteiger partial charge in [-0.3, -0.25) is 13.5 Å². The second kappa shape index (κ2) is 19.8. The van der Waals surface area contributed by atoms with Gasteiger partial charge in [0.2, 0.25) is 5.71 Å². The molecule has 13 aromatic rings. The van der Waals surface area contributed by atoms with Crippen LogP contribution in [0.3, 0.4) is 0 Å². The standard InChI is InChI=1S/C78H64N4O2/c1-77(2,3)59-37-38-79-72(44-59)82-69-36-33-60(78-46-51-39-52(47-78)41-53(40-51)48-78)43-68(69)67-35-34-62(45-70(67)82)84-61-28-16-27-58(42-61)71-49-83-76-75(73-63(54-19-8-4-9-20-54)29-17-30-64(73)55-21-10-5-11-22-55)81(50-80(71)76)74-65(56-23-12-6-13-24-56)31-18-32-66(74)57-25-14-7-15-26-57/h4-38,42-45,49,51-53H,39-41,46-48H2,1-3H3. The molecule has 0 radical (unpaired) electrons. The Bertz CT molecular complexity index is 4490. The molecule has 4 heterocycles. The third-order valence-corrected chi connectivity index (χ3v) is 18.8. The Balaban J connectivity index is 0.863. The van der Waals surface area contributed by atoms with Crippen LogP contribution in [-0.4, -0.2) is 14.0 Å². The van der Waals surface area contributed by atoms with Gasteiger partial charge in [-0.15, -0.1) is 0 Å². The number of oxazole rings is 1. The molecule has 17 rings (SSSR count). The topological polar surface area (TPSA) is 48.5 Å². The van der Waals surface area contributed by atoms with Gasteiger partial charge in [0.25, 0.3) is 6.33 Å². The van der Waals surface area contributed by atoms with E-state index in [-0.39, 0.29) is 10.8 Å². The minimum absolute atomic E-state index is 0.0439. The van der Waals surface area contributed by atoms with Crippen molar-refractivity contribution >= 4 is 27.5 Å². The van der Waals surface area contributed by atoms with Gasteiger partial charge in [-0.1, -0.05) is 197 Å². The fourth-order valence-electron chi connectivity index (χ4n) is 15.4. The number of fused-ring (bicyclic) bond motifs is 4. The normalized spacial score (nSPS) is 18.3. The summed E-state index contributed by atoms with van der Waals surface area (Å²) in [5.41, 5.74) is 19.3. The Labute approximate surface area is 490 Å². The van der Waals surface area contributed by atoms with Crippen molar-refractivity contribution in [3.63, 3.8) is 0 Å². The maximum absolute atomic E-state index is 7.03. The first kappa shape index (κ1) is 50.2. The Morgan fingerprint density at radius 3 is 1.67 bits per heavy atom. The highest BCUT2D eigenvalue weighted by atomic mass is 16.5. The first-order valence-corrected chi connectivity index (χ1v) is 30.0. The summed E-state index contributed by atoms with van der Waals surface area (Å²) < 4.78 is 20.8. The molecule has 84 heavy (non-hydrogen) atoms. The molecular weight excluding hydrogens is 1020 g/mol. The van der Waals surface area contributed by atoms with E-state index in [2.05, 4.69) is 265 Å². The predicted molar refractivity (Wildman–Crippen MR) is 340 cm³/mol. The SMILES string of the molecule is CC(C)(C)c1ccnc(-n2c3ccc(C45CC6CC(CC(C6)C4)C5)cc3c3ccc(Oc4cccc(-c5coc6c(-c7c(-c8ccccc8)cccc7-c7ccccc7)[n+](-c7c(-c8ccccc8)cccc7-c7ccccc7)[c-]n56)c4)cc32)c1. The zero-order valence-corrected chi connectivity index (χ0v) is 47.7. The number of aromatic nitrogens is 4. The fourth-order valence-corrected chi connectivity index (χ4v) is 15.4. The fraction of sp³-hybridized carbons (Fsp3) is 0.179. The van der Waals surface area contributed by atoms with Crippen LogP contribution >= 0.6 is 0 Å². The third-order valence-electron chi connectivity index (χ3n) is 18.8. The van der Waals surface area contributed by atoms with Crippen molar-refractivity contribution in [2.24, 2.45) is 17.8 Å². The average Bonchev–Trinajstić information content (AvgIpc) is 1.77. The zero-order valence-electron chi connectivity index (χ0n) is 47.7. The predicted octanol–water partition coefficient (Wildman–Crippen LogP) is 19.7. The lowest BCUT2D eigenvalue weighted by atomic mass is 9.48. The average molecular weight is 1090 g/mol. The molecule has 6 heteroatoms. The number of hydrogen-bond donors (Lipinski definition) is 0. The van der Waals surface area contributed by atoms with Crippen LogP contribution in [0.5, 0.6) is 11.5 Å². The summed E-state index contributed by atoms with van der Waals surface area (Å²) in [6.45, 7) is 6.82. The van der Waals surface area contributed by atoms with Crippen molar-refractivity contribution in [2.45, 2.75) is 70.1 Å². The third kappa shape index (κ3) is 8.52. The first-order valence-electron chi connectivity index (χ1n) is 30.0. The number of para-hydroxylation sites is 1. The van der Waals surface area contributed by atoms with Crippen molar-refractivity contribution in [3.05, 3.63) is 260 Å². The zero-order chi connectivity index (χ0) is 56.1. The monoisotopic (exact) mass is 1090 g/mol. The molecule has 0 aliphatic heterocycles. The molecule has 9 aromatic carbocycles. The quantitative estimate of drug-likeness (QED) is 0.0958. The minimum Gasteiger partial charge on any atom is -0.472 e. The molecule has 0 saturated heterocycles. The summed E-state index contributed by atoms with van der Waals surface area (Å²) in [6.07, 6.45) is 16.1. The maximum atomic E-state index is 7.03. The van der Waals surface area contributed by atoms with E-state index < -0.39 is 0 Å². The second-order valence-electron chi connectivity index (χ2n) is 25.2. The number of benzene rings is 9. The highest BCUT2D eigenvalue weighted by Gasteiger charge is 2.51. The maximum Gasteiger partial charge on any atom is 0.272 e. The number of hydrogen-bond acceptors (Lipinski definition) is 3. The number of imidazole rings is 1. The summed E-state index contributed by atoms with van der Waals surface area (Å²) in [6, 6.07) is 82.8. The Hall–Kier alpha value is -9.52. The molecule has 0 N–H and O–H groups in total. The van der Waals surface area contributed by atoms with Crippen LogP contribution in [0.1, 0.15) is 70.4 Å². The Kier molecular flexibility index (Phi) is 11.9. The number of pyridine rings is 1. The van der Waals surface area contributed by atoms with E-state index in [9.17, 15) is 0 Å². The van der Waals surface area contributed by atoms with E-state index in [0.29, 0.717) is 11.5 Å². The summed E-state index contributed by atoms with van der Waals surface area (Å²) in [4.78, 5) is 5.08. The molecule has 0 atom stereocenters. The summed E-state index contributed by atoms with van der Waals surface area (Å²) >= 11 is 0. The first-order chi connectivity index (χ1) is 41.2. The summed E-state index contributed by atoms with van der Waals surface area (Å²) in [7, 11) is 0. The van der Waals surface area contributed by atoms with Crippen LogP contribution in [-0.2, 0) is 10.8 Å². The van der Waals surface area contributed by atoms with Crippen LogP contribution < -0.4 is 9.30 Å². The Morgan fingerprint density at radius 2 is 1.07 bits per heavy atom. The van der Waals surface area contributed by atoms with Crippen LogP contribution in [0.2, 0.25) is 0 Å². The number of ether oxygens (including phenoxy) is 1. The van der Waals surface area contributed by atoms with Crippen LogP contribution in [0, 0.1) is 24.1 Å². The van der Waals surface area contributed by atoms with Gasteiger partial charge < -0.3 is 9.15 Å². The van der Waals surface area contributed by atoms with Gasteiger partial charge in [-0.2, -0.15) is 0 Å². The molecule has 4 saturated carbocycles. The summed E-state index contributed by atoms with van der Waals surface area (Å²) in [5, 5.41) is 2.49. The molecule has 0 amide bonds. The molecule has 6 nitrogen and oxygen atoms in total. The number of nitrogens with zero attached hydrogens (tertiary/aromatic N) is 4. The lowest BCUT2D eigenvalue weighted by Crippen LogP contribution is -2.48. The van der Waals surface area contributed by atoms with Crippen molar-refractivity contribution in [2.75, 3.05) is 0 Å². The van der Waals surface area contributed by atoms with Crippen molar-refractivity contribution in [1.82, 2.24) is 14.0 Å². The second-order valence-corrected chi connectivity index (χ2v) is 25.2. The van der Waals surface area contributed by atoms with Crippen molar-refractivity contribution in [3.8, 4) is 90.0 Å². The molecule has 0 unspecified atom stereocenters. The molecule has 4 bridgehead atoms. The molecule has 408 valence electrons. The molecule has 4 aliphatic rings. The van der Waals surface area contributed by atoms with Gasteiger partial charge in [0.1, 0.15) is 28.7 Å². The smallest absolute Gasteiger partial charge is 0.272 e. The van der Waals surface area contributed by atoms with Gasteiger partial charge >= 0.3 is 0 Å². The van der Waals surface area contributed by atoms with E-state index in [4.69, 9.17) is 14.1 Å². The highest BCUT2D eigenvalue weighted by molar-refractivity contribution is 6.10. The largest absolute Gasteiger partial charge is 0.472 e. The number of rotatable bonds is 11. The van der Waals surface area contributed by atoms with E-state index in [0.717, 1.165) is 108 Å². The minimum atomic E-state index is -0.0439. The summed E-state index contributed by atoms with van der Waals surface area (Å²) in [5.74, 6) is 4.99. The van der Waals surface area contributed by atoms with Crippen LogP contribution in [0.15, 0.2) is 247 Å². The van der Waals surface area contributed by atoms with Crippen LogP contribution in [0.25, 0.3) is 106 Å². The molecule has 4 fully saturated rings. The van der Waals surface area contributed by atoms with Crippen LogP contribution in [0.4, 0.5) is 0 Å². The van der Waals surface area contributed by atoms with Gasteiger partial charge in [-0.05, 0) is 177 Å². The van der Waals surface area contributed by atoms with E-state index in [1.54, 1.807) is 0 Å². The van der Waals surface area contributed by atoms with E-state index >= 15 is 0 Å². The van der Waals surface area contributed by atoms with E-state index in [1.807, 2.05) is 18.5 Å². The van der Waals surface area contributed by atoms with Gasteiger partial charge in [0, 0.05) is 28.6 Å². The van der Waals surface area contributed by atoms with Gasteiger partial charge in [0.05, 0.1) is 23.0 Å². The molecule has 4 aromatic heterocycles. The molecule has 0 spiro atoms. The van der Waals surface area contributed by atoms with Crippen molar-refractivity contribution < 1.29 is 13.7 Å². The van der Waals surface area contributed by atoms with Gasteiger partial charge in [0.15, 0.2) is 0 Å². The molecular formula is C78H64N4O2. The molecule has 4 aliphatic carbocycles.